The Kier molecular flexibility index (Phi) is 4.21. The van der Waals surface area contributed by atoms with E-state index < -0.39 is 5.56 Å². The molecule has 6 nitrogen and oxygen atoms in total. The maximum absolute atomic E-state index is 11.9. The third kappa shape index (κ3) is 2.82. The molecule has 0 N–H and O–H groups in total. The molecule has 1 aliphatic rings. The Labute approximate surface area is 113 Å². The zero-order chi connectivity index (χ0) is 13.1. The van der Waals surface area contributed by atoms with Crippen LogP contribution in [-0.2, 0) is 16.1 Å². The molecule has 2 heterocycles. The highest BCUT2D eigenvalue weighted by Crippen LogP contribution is 2.12. The maximum Gasteiger partial charge on any atom is 0.274 e. The van der Waals surface area contributed by atoms with E-state index in [0.29, 0.717) is 26.3 Å². The smallest absolute Gasteiger partial charge is 0.274 e. The van der Waals surface area contributed by atoms with Crippen LogP contribution in [0, 0.1) is 0 Å². The van der Waals surface area contributed by atoms with Crippen LogP contribution in [0.3, 0.4) is 0 Å². The number of carbonyl (C=O) groups excluding carboxylic acids is 1. The van der Waals surface area contributed by atoms with Crippen LogP contribution in [0.15, 0.2) is 11.1 Å². The summed E-state index contributed by atoms with van der Waals surface area (Å²) in [4.78, 5) is 29.0. The number of halogens is 2. The van der Waals surface area contributed by atoms with Gasteiger partial charge in [0.2, 0.25) is 5.91 Å². The molecule has 0 spiro atoms. The average Bonchev–Trinajstić information content (AvgIpc) is 2.40. The highest BCUT2D eigenvalue weighted by atomic mass is 35.5. The van der Waals surface area contributed by atoms with Crippen molar-refractivity contribution in [1.29, 1.82) is 0 Å². The molecule has 18 heavy (non-hydrogen) atoms. The second-order valence-electron chi connectivity index (χ2n) is 3.78. The molecule has 0 saturated carbocycles. The molecule has 8 heteroatoms. The van der Waals surface area contributed by atoms with E-state index in [2.05, 4.69) is 4.98 Å². The topological polar surface area (TPSA) is 64.4 Å². The van der Waals surface area contributed by atoms with Gasteiger partial charge in [0.15, 0.2) is 5.15 Å². The van der Waals surface area contributed by atoms with E-state index >= 15 is 0 Å². The summed E-state index contributed by atoms with van der Waals surface area (Å²) in [5.74, 6) is -0.166. The van der Waals surface area contributed by atoms with E-state index in [9.17, 15) is 9.59 Å². The van der Waals surface area contributed by atoms with Crippen LogP contribution in [0.2, 0.25) is 10.2 Å². The van der Waals surface area contributed by atoms with Crippen molar-refractivity contribution >= 4 is 29.1 Å². The zero-order valence-electron chi connectivity index (χ0n) is 9.44. The molecule has 1 aliphatic heterocycles. The number of morpholine rings is 1. The monoisotopic (exact) mass is 291 g/mol. The number of hydrogen-bond acceptors (Lipinski definition) is 4. The molecule has 1 saturated heterocycles. The highest BCUT2D eigenvalue weighted by Gasteiger charge is 2.18. The van der Waals surface area contributed by atoms with Crippen molar-refractivity contribution in [2.75, 3.05) is 26.3 Å². The first kappa shape index (κ1) is 13.3. The molecule has 0 aliphatic carbocycles. The fourth-order valence-corrected chi connectivity index (χ4v) is 1.90. The molecule has 0 unspecified atom stereocenters. The van der Waals surface area contributed by atoms with Gasteiger partial charge >= 0.3 is 0 Å². The van der Waals surface area contributed by atoms with Gasteiger partial charge in [0, 0.05) is 13.1 Å². The van der Waals surface area contributed by atoms with Gasteiger partial charge in [0.05, 0.1) is 19.5 Å². The Balaban J connectivity index is 2.12. The molecular weight excluding hydrogens is 281 g/mol. The Morgan fingerprint density at radius 2 is 2.06 bits per heavy atom. The predicted molar refractivity (Wildman–Crippen MR) is 65.9 cm³/mol. The van der Waals surface area contributed by atoms with E-state index in [1.165, 1.54) is 6.33 Å². The van der Waals surface area contributed by atoms with Crippen molar-refractivity contribution < 1.29 is 9.53 Å². The van der Waals surface area contributed by atoms with Gasteiger partial charge in [-0.05, 0) is 0 Å². The molecule has 2 rings (SSSR count). The summed E-state index contributed by atoms with van der Waals surface area (Å²) in [6.45, 7) is 1.99. The third-order valence-electron chi connectivity index (χ3n) is 2.61. The molecule has 0 atom stereocenters. The SMILES string of the molecule is O=C(Cn1cnc(Cl)c(Cl)c1=O)N1CCOCC1. The second kappa shape index (κ2) is 5.69. The lowest BCUT2D eigenvalue weighted by molar-refractivity contribution is -0.135. The van der Waals surface area contributed by atoms with Crippen molar-refractivity contribution in [2.45, 2.75) is 6.54 Å². The van der Waals surface area contributed by atoms with E-state index in [4.69, 9.17) is 27.9 Å². The molecule has 0 radical (unpaired) electrons. The van der Waals surface area contributed by atoms with Crippen LogP contribution in [-0.4, -0.2) is 46.7 Å². The average molecular weight is 292 g/mol. The van der Waals surface area contributed by atoms with E-state index in [1.54, 1.807) is 4.90 Å². The first-order chi connectivity index (χ1) is 8.59. The fraction of sp³-hybridized carbons (Fsp3) is 0.500. The van der Waals surface area contributed by atoms with Gasteiger partial charge in [-0.25, -0.2) is 4.98 Å². The largest absolute Gasteiger partial charge is 0.378 e. The van der Waals surface area contributed by atoms with Crippen molar-refractivity contribution in [2.24, 2.45) is 0 Å². The minimum absolute atomic E-state index is 0.0586. The second-order valence-corrected chi connectivity index (χ2v) is 4.51. The van der Waals surface area contributed by atoms with Crippen molar-refractivity contribution in [3.63, 3.8) is 0 Å². The summed E-state index contributed by atoms with van der Waals surface area (Å²) in [6, 6.07) is 0. The Morgan fingerprint density at radius 1 is 1.39 bits per heavy atom. The molecule has 1 aromatic heterocycles. The van der Waals surface area contributed by atoms with E-state index in [-0.39, 0.29) is 22.6 Å². The Morgan fingerprint density at radius 3 is 2.72 bits per heavy atom. The Bertz CT molecular complexity index is 512. The first-order valence-electron chi connectivity index (χ1n) is 5.35. The summed E-state index contributed by atoms with van der Waals surface area (Å²) in [6.07, 6.45) is 1.22. The van der Waals surface area contributed by atoms with Gasteiger partial charge < -0.3 is 9.64 Å². The van der Waals surface area contributed by atoms with Crippen molar-refractivity contribution in [3.05, 3.63) is 26.9 Å². The summed E-state index contributed by atoms with van der Waals surface area (Å²) in [5.41, 5.74) is -0.515. The summed E-state index contributed by atoms with van der Waals surface area (Å²) < 4.78 is 6.29. The zero-order valence-corrected chi connectivity index (χ0v) is 10.9. The van der Waals surface area contributed by atoms with Crippen molar-refractivity contribution in [1.82, 2.24) is 14.5 Å². The van der Waals surface area contributed by atoms with Crippen LogP contribution in [0.4, 0.5) is 0 Å². The number of ether oxygens (including phenoxy) is 1. The summed E-state index contributed by atoms with van der Waals surface area (Å²) in [5, 5.41) is -0.231. The standard InChI is InChI=1S/C10H11Cl2N3O3/c11-8-9(12)13-6-15(10(8)17)5-7(16)14-1-3-18-4-2-14/h6H,1-5H2. The van der Waals surface area contributed by atoms with Gasteiger partial charge in [-0.3, -0.25) is 14.2 Å². The quantitative estimate of drug-likeness (QED) is 0.741. The number of carbonyl (C=O) groups is 1. The number of amides is 1. The van der Waals surface area contributed by atoms with Gasteiger partial charge in [0.1, 0.15) is 11.6 Å². The van der Waals surface area contributed by atoms with E-state index in [1.807, 2.05) is 0 Å². The normalized spacial score (nSPS) is 15.8. The van der Waals surface area contributed by atoms with E-state index in [0.717, 1.165) is 4.57 Å². The van der Waals surface area contributed by atoms with Crippen molar-refractivity contribution in [3.8, 4) is 0 Å². The maximum atomic E-state index is 11.9. The summed E-state index contributed by atoms with van der Waals surface area (Å²) in [7, 11) is 0. The number of hydrogen-bond donors (Lipinski definition) is 0. The van der Waals surface area contributed by atoms with Gasteiger partial charge in [0.25, 0.3) is 5.56 Å². The van der Waals surface area contributed by atoms with Gasteiger partial charge in [-0.15, -0.1) is 0 Å². The summed E-state index contributed by atoms with van der Waals surface area (Å²) >= 11 is 11.3. The molecule has 98 valence electrons. The lowest BCUT2D eigenvalue weighted by Crippen LogP contribution is -2.43. The molecule has 0 aromatic carbocycles. The van der Waals surface area contributed by atoms with Crippen LogP contribution in [0.5, 0.6) is 0 Å². The number of rotatable bonds is 2. The van der Waals surface area contributed by atoms with Crippen LogP contribution in [0.1, 0.15) is 0 Å². The number of aromatic nitrogens is 2. The third-order valence-corrected chi connectivity index (χ3v) is 3.33. The first-order valence-corrected chi connectivity index (χ1v) is 6.11. The molecule has 0 bridgehead atoms. The minimum Gasteiger partial charge on any atom is -0.378 e. The molecule has 1 aromatic rings. The molecule has 1 fully saturated rings. The molecule has 1 amide bonds. The van der Waals surface area contributed by atoms with Crippen LogP contribution >= 0.6 is 23.2 Å². The lowest BCUT2D eigenvalue weighted by atomic mass is 10.4. The minimum atomic E-state index is -0.515. The Hall–Kier alpha value is -1.11. The predicted octanol–water partition coefficient (Wildman–Crippen LogP) is 0.409. The highest BCUT2D eigenvalue weighted by molar-refractivity contribution is 6.40. The van der Waals surface area contributed by atoms with Crippen LogP contribution in [0.25, 0.3) is 0 Å². The van der Waals surface area contributed by atoms with Gasteiger partial charge in [-0.2, -0.15) is 0 Å². The molecular formula is C10H11Cl2N3O3. The van der Waals surface area contributed by atoms with Crippen LogP contribution < -0.4 is 5.56 Å². The fourth-order valence-electron chi connectivity index (χ4n) is 1.61. The number of nitrogens with zero attached hydrogens (tertiary/aromatic N) is 3. The lowest BCUT2D eigenvalue weighted by Gasteiger charge is -2.26. The van der Waals surface area contributed by atoms with Gasteiger partial charge in [-0.1, -0.05) is 23.2 Å².